The Labute approximate surface area is 78.7 Å². The first-order chi connectivity index (χ1) is 5.96. The van der Waals surface area contributed by atoms with Gasteiger partial charge < -0.3 is 15.7 Å². The zero-order chi connectivity index (χ0) is 10.1. The van der Waals surface area contributed by atoms with Gasteiger partial charge in [-0.05, 0) is 26.2 Å². The Morgan fingerprint density at radius 3 is 2.62 bits per heavy atom. The molecule has 0 aliphatic heterocycles. The van der Waals surface area contributed by atoms with E-state index in [9.17, 15) is 4.79 Å². The summed E-state index contributed by atoms with van der Waals surface area (Å²) < 4.78 is 0. The highest BCUT2D eigenvalue weighted by molar-refractivity contribution is 5.88. The lowest BCUT2D eigenvalue weighted by molar-refractivity contribution is -0.132. The minimum atomic E-state index is -0.576. The van der Waals surface area contributed by atoms with Gasteiger partial charge in [-0.3, -0.25) is 4.79 Å². The van der Waals surface area contributed by atoms with E-state index in [1.807, 2.05) is 0 Å². The molecule has 1 atom stereocenters. The number of amides is 1. The van der Waals surface area contributed by atoms with Crippen LogP contribution in [-0.2, 0) is 4.79 Å². The van der Waals surface area contributed by atoms with Gasteiger partial charge in [-0.15, -0.1) is 0 Å². The van der Waals surface area contributed by atoms with Crippen molar-refractivity contribution >= 4 is 5.91 Å². The Morgan fingerprint density at radius 2 is 2.23 bits per heavy atom. The van der Waals surface area contributed by atoms with Crippen molar-refractivity contribution in [1.82, 2.24) is 4.90 Å². The molecule has 1 fully saturated rings. The molecule has 0 aromatic heterocycles. The van der Waals surface area contributed by atoms with Crippen molar-refractivity contribution in [1.29, 1.82) is 0 Å². The van der Waals surface area contributed by atoms with Crippen LogP contribution < -0.4 is 5.73 Å². The van der Waals surface area contributed by atoms with Gasteiger partial charge in [0.2, 0.25) is 5.91 Å². The summed E-state index contributed by atoms with van der Waals surface area (Å²) in [7, 11) is 1.73. The summed E-state index contributed by atoms with van der Waals surface area (Å²) in [6.45, 7) is 2.29. The first-order valence-electron chi connectivity index (χ1n) is 4.68. The number of carbonyl (C=O) groups is 1. The number of aliphatic hydroxyl groups is 1. The van der Waals surface area contributed by atoms with Gasteiger partial charge in [0.25, 0.3) is 0 Å². The summed E-state index contributed by atoms with van der Waals surface area (Å²) in [6, 6.07) is 0. The summed E-state index contributed by atoms with van der Waals surface area (Å²) in [6.07, 6.45) is 1.84. The number of hydrogen-bond acceptors (Lipinski definition) is 3. The van der Waals surface area contributed by atoms with E-state index < -0.39 is 5.54 Å². The van der Waals surface area contributed by atoms with Gasteiger partial charge >= 0.3 is 0 Å². The fourth-order valence-electron chi connectivity index (χ4n) is 1.21. The minimum Gasteiger partial charge on any atom is -0.393 e. The van der Waals surface area contributed by atoms with Crippen LogP contribution in [0.3, 0.4) is 0 Å². The number of carbonyl (C=O) groups excluding carboxylic acids is 1. The molecule has 4 heteroatoms. The minimum absolute atomic E-state index is 0.00755. The molecule has 4 nitrogen and oxygen atoms in total. The molecule has 76 valence electrons. The van der Waals surface area contributed by atoms with Gasteiger partial charge in [0, 0.05) is 13.6 Å². The van der Waals surface area contributed by atoms with E-state index in [0.717, 1.165) is 12.8 Å². The van der Waals surface area contributed by atoms with Crippen LogP contribution in [0.4, 0.5) is 0 Å². The fraction of sp³-hybridized carbons (Fsp3) is 0.889. The maximum Gasteiger partial charge on any atom is 0.242 e. The summed E-state index contributed by atoms with van der Waals surface area (Å²) in [5.74, 6) is 0.00755. The van der Waals surface area contributed by atoms with Crippen LogP contribution in [0.25, 0.3) is 0 Å². The highest BCUT2D eigenvalue weighted by atomic mass is 16.3. The van der Waals surface area contributed by atoms with Crippen molar-refractivity contribution in [2.75, 3.05) is 13.6 Å². The Bertz CT molecular complexity index is 200. The topological polar surface area (TPSA) is 66.6 Å². The maximum absolute atomic E-state index is 11.6. The third kappa shape index (κ3) is 2.67. The van der Waals surface area contributed by atoms with Crippen LogP contribution in [0.5, 0.6) is 0 Å². The number of hydrogen-bond donors (Lipinski definition) is 2. The van der Waals surface area contributed by atoms with Gasteiger partial charge in [0.1, 0.15) is 0 Å². The van der Waals surface area contributed by atoms with Crippen molar-refractivity contribution in [2.24, 2.45) is 5.73 Å². The Kier molecular flexibility index (Phi) is 2.93. The highest BCUT2D eigenvalue weighted by Gasteiger charge is 2.47. The molecule has 0 spiro atoms. The van der Waals surface area contributed by atoms with Crippen LogP contribution >= 0.6 is 0 Å². The van der Waals surface area contributed by atoms with Crippen LogP contribution in [-0.4, -0.2) is 41.1 Å². The zero-order valence-corrected chi connectivity index (χ0v) is 8.29. The Morgan fingerprint density at radius 1 is 1.69 bits per heavy atom. The number of nitrogens with zero attached hydrogens (tertiary/aromatic N) is 1. The van der Waals surface area contributed by atoms with E-state index in [-0.39, 0.29) is 12.0 Å². The highest BCUT2D eigenvalue weighted by Crippen LogP contribution is 2.33. The van der Waals surface area contributed by atoms with Gasteiger partial charge in [-0.1, -0.05) is 0 Å². The van der Waals surface area contributed by atoms with E-state index in [1.165, 1.54) is 0 Å². The molecular formula is C9H18N2O2. The molecular weight excluding hydrogens is 168 g/mol. The molecule has 0 heterocycles. The molecule has 1 aliphatic rings. The van der Waals surface area contributed by atoms with Gasteiger partial charge in [0.15, 0.2) is 0 Å². The van der Waals surface area contributed by atoms with E-state index in [4.69, 9.17) is 10.8 Å². The molecule has 3 N–H and O–H groups in total. The third-order valence-electron chi connectivity index (χ3n) is 2.44. The second kappa shape index (κ2) is 3.64. The van der Waals surface area contributed by atoms with Crippen LogP contribution in [0.2, 0.25) is 0 Å². The number of rotatable bonds is 4. The molecule has 0 radical (unpaired) electrons. The maximum atomic E-state index is 11.6. The summed E-state index contributed by atoms with van der Waals surface area (Å²) in [5.41, 5.74) is 5.17. The van der Waals surface area contributed by atoms with Crippen LogP contribution in [0.1, 0.15) is 26.2 Å². The van der Waals surface area contributed by atoms with E-state index in [0.29, 0.717) is 13.0 Å². The monoisotopic (exact) mass is 186 g/mol. The molecule has 0 saturated heterocycles. The Balaban J connectivity index is 2.30. The summed E-state index contributed by atoms with van der Waals surface area (Å²) >= 11 is 0. The predicted molar refractivity (Wildman–Crippen MR) is 50.1 cm³/mol. The lowest BCUT2D eigenvalue weighted by Crippen LogP contribution is -2.44. The average Bonchev–Trinajstić information content (AvgIpc) is 2.79. The fourth-order valence-corrected chi connectivity index (χ4v) is 1.21. The molecule has 1 aliphatic carbocycles. The SMILES string of the molecule is CC(O)CCN(C)C(=O)C1(N)CC1. The van der Waals surface area contributed by atoms with Gasteiger partial charge in [-0.2, -0.15) is 0 Å². The molecule has 0 aromatic rings. The van der Waals surface area contributed by atoms with Crippen molar-refractivity contribution < 1.29 is 9.90 Å². The number of nitrogens with two attached hydrogens (primary N) is 1. The van der Waals surface area contributed by atoms with E-state index in [1.54, 1.807) is 18.9 Å². The number of likely N-dealkylation sites (N-methyl/N-ethyl adjacent to an activating group) is 1. The molecule has 0 bridgehead atoms. The quantitative estimate of drug-likeness (QED) is 0.634. The van der Waals surface area contributed by atoms with Crippen molar-refractivity contribution in [3.63, 3.8) is 0 Å². The van der Waals surface area contributed by atoms with Gasteiger partial charge in [-0.25, -0.2) is 0 Å². The van der Waals surface area contributed by atoms with E-state index >= 15 is 0 Å². The standard InChI is InChI=1S/C9H18N2O2/c1-7(12)3-6-11(2)8(13)9(10)4-5-9/h7,12H,3-6,10H2,1-2H3. The molecule has 1 amide bonds. The zero-order valence-electron chi connectivity index (χ0n) is 8.29. The molecule has 1 rings (SSSR count). The average molecular weight is 186 g/mol. The second-order valence-corrected chi connectivity index (χ2v) is 4.02. The van der Waals surface area contributed by atoms with Crippen molar-refractivity contribution in [3.8, 4) is 0 Å². The second-order valence-electron chi connectivity index (χ2n) is 4.02. The normalized spacial score (nSPS) is 20.9. The first-order valence-corrected chi connectivity index (χ1v) is 4.68. The van der Waals surface area contributed by atoms with E-state index in [2.05, 4.69) is 0 Å². The molecule has 1 saturated carbocycles. The van der Waals surface area contributed by atoms with Crippen LogP contribution in [0, 0.1) is 0 Å². The lowest BCUT2D eigenvalue weighted by Gasteiger charge is -2.21. The Hall–Kier alpha value is -0.610. The van der Waals surface area contributed by atoms with Crippen LogP contribution in [0.15, 0.2) is 0 Å². The summed E-state index contributed by atoms with van der Waals surface area (Å²) in [4.78, 5) is 13.2. The first kappa shape index (κ1) is 10.5. The molecule has 13 heavy (non-hydrogen) atoms. The smallest absolute Gasteiger partial charge is 0.242 e. The predicted octanol–water partition coefficient (Wildman–Crippen LogP) is -0.293. The number of aliphatic hydroxyl groups excluding tert-OH is 1. The largest absolute Gasteiger partial charge is 0.393 e. The lowest BCUT2D eigenvalue weighted by atomic mass is 10.2. The van der Waals surface area contributed by atoms with Gasteiger partial charge in [0.05, 0.1) is 11.6 Å². The van der Waals surface area contributed by atoms with Crippen molar-refractivity contribution in [3.05, 3.63) is 0 Å². The third-order valence-corrected chi connectivity index (χ3v) is 2.44. The van der Waals surface area contributed by atoms with Crippen molar-refractivity contribution in [2.45, 2.75) is 37.8 Å². The molecule has 1 unspecified atom stereocenters. The summed E-state index contributed by atoms with van der Waals surface area (Å²) in [5, 5.41) is 9.03. The molecule has 0 aromatic carbocycles.